The Bertz CT molecular complexity index is 710. The maximum atomic E-state index is 12.1. The number of likely N-dealkylation sites (tertiary alicyclic amines) is 1. The lowest BCUT2D eigenvalue weighted by Crippen LogP contribution is -2.33. The summed E-state index contributed by atoms with van der Waals surface area (Å²) >= 11 is 1.68. The van der Waals surface area contributed by atoms with Crippen LogP contribution in [0.5, 0.6) is 0 Å². The third kappa shape index (κ3) is 4.69. The Balaban J connectivity index is 1.92. The van der Waals surface area contributed by atoms with Crippen molar-refractivity contribution in [3.8, 4) is 0 Å². The molecule has 1 amide bonds. The van der Waals surface area contributed by atoms with E-state index in [1.54, 1.807) is 11.3 Å². The van der Waals surface area contributed by atoms with Crippen LogP contribution in [0.3, 0.4) is 0 Å². The van der Waals surface area contributed by atoms with E-state index in [2.05, 4.69) is 42.7 Å². The lowest BCUT2D eigenvalue weighted by molar-refractivity contribution is -0.127. The minimum absolute atomic E-state index is 0.0633. The zero-order valence-corrected chi connectivity index (χ0v) is 15.6. The summed E-state index contributed by atoms with van der Waals surface area (Å²) in [5.41, 5.74) is 1.14. The average Bonchev–Trinajstić information content (AvgIpc) is 3.26. The van der Waals surface area contributed by atoms with Gasteiger partial charge in [-0.3, -0.25) is 9.79 Å². The van der Waals surface area contributed by atoms with Crippen molar-refractivity contribution in [2.24, 2.45) is 4.99 Å². The van der Waals surface area contributed by atoms with Gasteiger partial charge in [0.25, 0.3) is 0 Å². The molecule has 25 heavy (non-hydrogen) atoms. The van der Waals surface area contributed by atoms with E-state index < -0.39 is 0 Å². The Morgan fingerprint density at radius 2 is 2.04 bits per heavy atom. The molecule has 1 fully saturated rings. The normalized spacial score (nSPS) is 16.5. The Kier molecular flexibility index (Phi) is 5.87. The summed E-state index contributed by atoms with van der Waals surface area (Å²) < 4.78 is 0. The number of carbonyl (C=O) groups excluding carboxylic acids is 1. The maximum absolute atomic E-state index is 12.1. The highest BCUT2D eigenvalue weighted by atomic mass is 32.1. The second kappa shape index (κ2) is 8.30. The summed E-state index contributed by atoms with van der Waals surface area (Å²) in [7, 11) is 0. The molecule has 1 aromatic heterocycles. The van der Waals surface area contributed by atoms with E-state index in [9.17, 15) is 4.79 Å². The summed E-state index contributed by atoms with van der Waals surface area (Å²) in [6.07, 6.45) is 1.61. The van der Waals surface area contributed by atoms with Crippen LogP contribution in [0.2, 0.25) is 0 Å². The van der Waals surface area contributed by atoms with Crippen LogP contribution in [0.15, 0.2) is 52.8 Å². The Labute approximate surface area is 153 Å². The number of hydrogen-bond donors (Lipinski definition) is 1. The highest BCUT2D eigenvalue weighted by Crippen LogP contribution is 2.23. The van der Waals surface area contributed by atoms with Gasteiger partial charge in [-0.2, -0.15) is 0 Å². The van der Waals surface area contributed by atoms with E-state index in [4.69, 9.17) is 4.99 Å². The summed E-state index contributed by atoms with van der Waals surface area (Å²) in [5.74, 6) is 1.15. The largest absolute Gasteiger partial charge is 0.367 e. The number of nitrogens with zero attached hydrogens (tertiary/aromatic N) is 2. The summed E-state index contributed by atoms with van der Waals surface area (Å²) in [5, 5.41) is 5.54. The van der Waals surface area contributed by atoms with Crippen LogP contribution in [-0.4, -0.2) is 35.8 Å². The fourth-order valence-electron chi connectivity index (χ4n) is 3.02. The number of nitrogens with one attached hydrogen (secondary N) is 1. The molecule has 0 aliphatic carbocycles. The maximum Gasteiger partial charge on any atom is 0.222 e. The predicted molar refractivity (Wildman–Crippen MR) is 104 cm³/mol. The summed E-state index contributed by atoms with van der Waals surface area (Å²) in [6, 6.07) is 14.6. The van der Waals surface area contributed by atoms with Gasteiger partial charge in [0, 0.05) is 25.6 Å². The zero-order chi connectivity index (χ0) is 17.6. The first-order chi connectivity index (χ1) is 12.1. The molecule has 0 radical (unpaired) electrons. The first kappa shape index (κ1) is 17.7. The van der Waals surface area contributed by atoms with Gasteiger partial charge in [0.1, 0.15) is 5.84 Å². The standard InChI is InChI=1S/C20H25N3OS/c1-15(2)21-20(18-10-7-13-25-18)22-17(16-8-4-3-5-9-16)14-23-12-6-11-19(23)24/h3-5,7-10,13,15,17H,6,11-12,14H2,1-2H3,(H,21,22)/t17-/m1/s1. The van der Waals surface area contributed by atoms with Crippen LogP contribution in [0.25, 0.3) is 0 Å². The number of rotatable bonds is 6. The minimum Gasteiger partial charge on any atom is -0.367 e. The van der Waals surface area contributed by atoms with Crippen molar-refractivity contribution >= 4 is 23.1 Å². The molecule has 0 unspecified atom stereocenters. The fourth-order valence-corrected chi connectivity index (χ4v) is 3.70. The number of benzene rings is 1. The predicted octanol–water partition coefficient (Wildman–Crippen LogP) is 3.86. The Morgan fingerprint density at radius 3 is 2.64 bits per heavy atom. The number of thiophene rings is 1. The second-order valence-electron chi connectivity index (χ2n) is 6.62. The number of carbonyl (C=O) groups is 1. The van der Waals surface area contributed by atoms with E-state index in [1.807, 2.05) is 29.2 Å². The van der Waals surface area contributed by atoms with Gasteiger partial charge in [0.2, 0.25) is 5.91 Å². The second-order valence-corrected chi connectivity index (χ2v) is 7.57. The zero-order valence-electron chi connectivity index (χ0n) is 14.8. The lowest BCUT2D eigenvalue weighted by atomic mass is 10.1. The Morgan fingerprint density at radius 1 is 1.24 bits per heavy atom. The van der Waals surface area contributed by atoms with Crippen molar-refractivity contribution in [2.45, 2.75) is 38.8 Å². The van der Waals surface area contributed by atoms with Crippen LogP contribution in [0.4, 0.5) is 0 Å². The molecular weight excluding hydrogens is 330 g/mol. The Hall–Kier alpha value is -2.14. The molecule has 0 bridgehead atoms. The van der Waals surface area contributed by atoms with E-state index in [0.717, 1.165) is 29.2 Å². The van der Waals surface area contributed by atoms with Crippen molar-refractivity contribution in [3.05, 3.63) is 58.3 Å². The highest BCUT2D eigenvalue weighted by Gasteiger charge is 2.24. The van der Waals surface area contributed by atoms with Gasteiger partial charge in [-0.1, -0.05) is 36.4 Å². The average molecular weight is 356 g/mol. The molecule has 2 aromatic rings. The van der Waals surface area contributed by atoms with Gasteiger partial charge >= 0.3 is 0 Å². The van der Waals surface area contributed by atoms with Crippen LogP contribution in [-0.2, 0) is 4.79 Å². The molecule has 1 aliphatic heterocycles. The first-order valence-electron chi connectivity index (χ1n) is 8.84. The van der Waals surface area contributed by atoms with Crippen molar-refractivity contribution in [1.82, 2.24) is 10.2 Å². The SMILES string of the molecule is CC(C)NC(=N[C@H](CN1CCCC1=O)c1ccccc1)c1cccs1. The van der Waals surface area contributed by atoms with Crippen LogP contribution in [0, 0.1) is 0 Å². The molecule has 132 valence electrons. The molecule has 1 N–H and O–H groups in total. The molecular formula is C20H25N3OS. The molecule has 0 spiro atoms. The van der Waals surface area contributed by atoms with Crippen molar-refractivity contribution in [1.29, 1.82) is 0 Å². The van der Waals surface area contributed by atoms with Gasteiger partial charge in [0.05, 0.1) is 10.9 Å². The van der Waals surface area contributed by atoms with E-state index in [1.165, 1.54) is 0 Å². The molecule has 1 atom stereocenters. The molecule has 1 aliphatic rings. The molecule has 4 nitrogen and oxygen atoms in total. The molecule has 3 rings (SSSR count). The van der Waals surface area contributed by atoms with Crippen LogP contribution < -0.4 is 5.32 Å². The monoisotopic (exact) mass is 355 g/mol. The minimum atomic E-state index is -0.0633. The van der Waals surface area contributed by atoms with Crippen molar-refractivity contribution in [2.75, 3.05) is 13.1 Å². The van der Waals surface area contributed by atoms with Crippen molar-refractivity contribution in [3.63, 3.8) is 0 Å². The topological polar surface area (TPSA) is 44.7 Å². The van der Waals surface area contributed by atoms with Gasteiger partial charge < -0.3 is 10.2 Å². The number of amidine groups is 1. The highest BCUT2D eigenvalue weighted by molar-refractivity contribution is 7.12. The molecule has 0 saturated carbocycles. The van der Waals surface area contributed by atoms with E-state index >= 15 is 0 Å². The van der Waals surface area contributed by atoms with Gasteiger partial charge in [-0.05, 0) is 37.3 Å². The van der Waals surface area contributed by atoms with Gasteiger partial charge in [-0.25, -0.2) is 0 Å². The summed E-state index contributed by atoms with van der Waals surface area (Å²) in [6.45, 7) is 5.70. The lowest BCUT2D eigenvalue weighted by Gasteiger charge is -2.23. The number of aliphatic imine (C=N–C) groups is 1. The molecule has 5 heteroatoms. The van der Waals surface area contributed by atoms with Crippen molar-refractivity contribution < 1.29 is 4.79 Å². The first-order valence-corrected chi connectivity index (χ1v) is 9.72. The third-order valence-corrected chi connectivity index (χ3v) is 5.09. The molecule has 2 heterocycles. The summed E-state index contributed by atoms with van der Waals surface area (Å²) in [4.78, 5) is 20.2. The molecule has 1 aromatic carbocycles. The quantitative estimate of drug-likeness (QED) is 0.632. The number of hydrogen-bond acceptors (Lipinski definition) is 3. The fraction of sp³-hybridized carbons (Fsp3) is 0.400. The molecule has 1 saturated heterocycles. The van der Waals surface area contributed by atoms with Gasteiger partial charge in [0.15, 0.2) is 0 Å². The van der Waals surface area contributed by atoms with E-state index in [-0.39, 0.29) is 11.9 Å². The number of amides is 1. The van der Waals surface area contributed by atoms with E-state index in [0.29, 0.717) is 19.0 Å². The van der Waals surface area contributed by atoms with Crippen LogP contribution >= 0.6 is 11.3 Å². The smallest absolute Gasteiger partial charge is 0.222 e. The van der Waals surface area contributed by atoms with Crippen LogP contribution in [0.1, 0.15) is 43.2 Å². The third-order valence-electron chi connectivity index (χ3n) is 4.21. The van der Waals surface area contributed by atoms with Gasteiger partial charge in [-0.15, -0.1) is 11.3 Å².